The number of nitrogens with one attached hydrogen (secondary N) is 2. The number of pyridine rings is 2. The average molecular weight is 546 g/mol. The molecule has 3 fully saturated rings. The molecule has 3 aromatic heterocycles. The third-order valence-corrected chi connectivity index (χ3v) is 7.66. The minimum Gasteiger partial charge on any atom is -0.441 e. The van der Waals surface area contributed by atoms with E-state index >= 15 is 0 Å². The van der Waals surface area contributed by atoms with Gasteiger partial charge in [-0.25, -0.2) is 18.9 Å². The Labute approximate surface area is 227 Å². The number of halogens is 2. The fourth-order valence-electron chi connectivity index (χ4n) is 5.36. The smallest absolute Gasteiger partial charge is 0.413 e. The number of carbonyl (C=O) groups is 2. The third kappa shape index (κ3) is 4.65. The Balaban J connectivity index is 1.10. The number of anilines is 2. The molecule has 0 unspecified atom stereocenters. The topological polar surface area (TPSA) is 124 Å². The van der Waals surface area contributed by atoms with E-state index in [0.29, 0.717) is 22.4 Å². The van der Waals surface area contributed by atoms with Crippen molar-refractivity contribution in [1.29, 1.82) is 0 Å². The quantitative estimate of drug-likeness (QED) is 0.307. The molecule has 0 radical (unpaired) electrons. The second-order valence-electron chi connectivity index (χ2n) is 10.3. The summed E-state index contributed by atoms with van der Waals surface area (Å²) in [5.41, 5.74) is 3.10. The Morgan fingerprint density at radius 3 is 2.45 bits per heavy atom. The monoisotopic (exact) mass is 545 g/mol. The average Bonchev–Trinajstić information content (AvgIpc) is 3.24. The van der Waals surface area contributed by atoms with Crippen LogP contribution in [-0.4, -0.2) is 37.0 Å². The van der Waals surface area contributed by atoms with Crippen molar-refractivity contribution in [3.05, 3.63) is 83.3 Å². The van der Waals surface area contributed by atoms with Crippen LogP contribution in [0.2, 0.25) is 0 Å². The van der Waals surface area contributed by atoms with Gasteiger partial charge in [-0.2, -0.15) is 4.39 Å². The molecule has 1 aromatic carbocycles. The van der Waals surface area contributed by atoms with Crippen LogP contribution >= 0.6 is 0 Å². The van der Waals surface area contributed by atoms with Gasteiger partial charge in [-0.3, -0.25) is 15.1 Å². The summed E-state index contributed by atoms with van der Waals surface area (Å²) in [6.07, 6.45) is 3.92. The van der Waals surface area contributed by atoms with Gasteiger partial charge in [0.05, 0.1) is 29.3 Å². The minimum absolute atomic E-state index is 0.170. The van der Waals surface area contributed by atoms with Crippen molar-refractivity contribution in [3.63, 3.8) is 0 Å². The molecule has 1 atom stereocenters. The maximum absolute atomic E-state index is 13.9. The molecule has 3 aliphatic rings. The molecule has 7 rings (SSSR count). The highest BCUT2D eigenvalue weighted by Gasteiger charge is 2.57. The van der Waals surface area contributed by atoms with Crippen LogP contribution in [0.1, 0.15) is 53.8 Å². The predicted octanol–water partition coefficient (Wildman–Crippen LogP) is 5.16. The highest BCUT2D eigenvalue weighted by Crippen LogP contribution is 2.65. The molecular formula is C28H25F2N7O3. The second kappa shape index (κ2) is 9.78. The molecule has 12 heteroatoms. The number of ether oxygens (including phenoxy) is 1. The van der Waals surface area contributed by atoms with E-state index in [1.54, 1.807) is 19.2 Å². The van der Waals surface area contributed by atoms with Crippen molar-refractivity contribution < 1.29 is 23.1 Å². The number of benzene rings is 1. The number of aryl methyl sites for hydroxylation is 1. The van der Waals surface area contributed by atoms with Gasteiger partial charge in [0.25, 0.3) is 5.91 Å². The summed E-state index contributed by atoms with van der Waals surface area (Å²) in [4.78, 5) is 32.9. The van der Waals surface area contributed by atoms with Gasteiger partial charge in [-0.1, -0.05) is 17.3 Å². The van der Waals surface area contributed by atoms with E-state index in [4.69, 9.17) is 4.74 Å². The molecule has 3 aliphatic carbocycles. The molecule has 3 saturated carbocycles. The zero-order valence-electron chi connectivity index (χ0n) is 21.7. The molecule has 204 valence electrons. The molecule has 2 amide bonds. The maximum Gasteiger partial charge on any atom is 0.413 e. The lowest BCUT2D eigenvalue weighted by Crippen LogP contribution is -2.55. The second-order valence-corrected chi connectivity index (χ2v) is 10.3. The summed E-state index contributed by atoms with van der Waals surface area (Å²) in [6.45, 7) is 1.39. The van der Waals surface area contributed by atoms with Crippen LogP contribution < -0.4 is 10.6 Å². The van der Waals surface area contributed by atoms with Gasteiger partial charge in [0, 0.05) is 12.6 Å². The lowest BCUT2D eigenvalue weighted by atomic mass is 9.42. The van der Waals surface area contributed by atoms with Crippen LogP contribution in [-0.2, 0) is 17.2 Å². The van der Waals surface area contributed by atoms with Crippen LogP contribution in [0.3, 0.4) is 0 Å². The molecule has 4 aromatic rings. The van der Waals surface area contributed by atoms with E-state index in [-0.39, 0.29) is 23.0 Å². The van der Waals surface area contributed by atoms with Crippen molar-refractivity contribution >= 4 is 23.5 Å². The zero-order chi connectivity index (χ0) is 28.0. The number of carbonyl (C=O) groups excluding carboxylic acids is 2. The summed E-state index contributed by atoms with van der Waals surface area (Å²) in [5, 5.41) is 13.3. The van der Waals surface area contributed by atoms with Gasteiger partial charge in [-0.15, -0.1) is 5.10 Å². The van der Waals surface area contributed by atoms with Gasteiger partial charge in [0.1, 0.15) is 11.9 Å². The van der Waals surface area contributed by atoms with Crippen molar-refractivity contribution in [3.8, 4) is 11.4 Å². The van der Waals surface area contributed by atoms with Crippen molar-refractivity contribution in [2.45, 2.75) is 37.7 Å². The van der Waals surface area contributed by atoms with E-state index in [0.717, 1.165) is 18.2 Å². The van der Waals surface area contributed by atoms with Crippen LogP contribution in [0.5, 0.6) is 0 Å². The molecule has 0 aliphatic heterocycles. The predicted molar refractivity (Wildman–Crippen MR) is 140 cm³/mol. The Hall–Kier alpha value is -4.74. The third-order valence-electron chi connectivity index (χ3n) is 7.66. The highest BCUT2D eigenvalue weighted by molar-refractivity contribution is 6.04. The largest absolute Gasteiger partial charge is 0.441 e. The lowest BCUT2D eigenvalue weighted by molar-refractivity contribution is -0.0274. The Morgan fingerprint density at radius 1 is 1.05 bits per heavy atom. The van der Waals surface area contributed by atoms with E-state index < -0.39 is 24.0 Å². The van der Waals surface area contributed by atoms with Crippen LogP contribution in [0.25, 0.3) is 11.4 Å². The molecule has 40 heavy (non-hydrogen) atoms. The van der Waals surface area contributed by atoms with Gasteiger partial charge < -0.3 is 10.1 Å². The molecule has 10 nitrogen and oxygen atoms in total. The molecule has 0 saturated heterocycles. The van der Waals surface area contributed by atoms with Gasteiger partial charge in [0.15, 0.2) is 11.5 Å². The number of amides is 2. The first-order valence-electron chi connectivity index (χ1n) is 12.8. The number of hydrogen-bond acceptors (Lipinski definition) is 7. The number of aromatic nitrogens is 5. The molecular weight excluding hydrogens is 520 g/mol. The fraction of sp³-hybridized carbons (Fsp3) is 0.286. The molecule has 2 bridgehead atoms. The summed E-state index contributed by atoms with van der Waals surface area (Å²) in [7, 11) is 1.56. The highest BCUT2D eigenvalue weighted by atomic mass is 19.1. The van der Waals surface area contributed by atoms with Crippen molar-refractivity contribution in [2.75, 3.05) is 10.6 Å². The van der Waals surface area contributed by atoms with Gasteiger partial charge in [0.2, 0.25) is 5.95 Å². The standard InChI is InChI=1S/C28H25F2N7O3/c1-15(21-9-19(29)13-32-24(21)30)40-27(39)34-25-23(35-36-37(25)2)22-8-7-20(14-31-22)33-26(38)17-3-5-18(6-4-17)28-10-16(11-28)12-28/h3-9,13-16H,10-12H2,1-2H3,(H,33,38)(H,34,39)/t15-,16?,28?/m1/s1. The van der Waals surface area contributed by atoms with E-state index in [9.17, 15) is 18.4 Å². The number of rotatable bonds is 7. The fourth-order valence-corrected chi connectivity index (χ4v) is 5.36. The van der Waals surface area contributed by atoms with Crippen molar-refractivity contribution in [2.24, 2.45) is 13.0 Å². The summed E-state index contributed by atoms with van der Waals surface area (Å²) in [5.74, 6) is -0.887. The van der Waals surface area contributed by atoms with E-state index in [1.165, 1.54) is 42.6 Å². The SMILES string of the molecule is C[C@@H](OC(=O)Nc1c(-c2ccc(NC(=O)c3ccc(C45CC(C4)C5)cc3)cn2)nnn1C)c1cc(F)cnc1F. The summed E-state index contributed by atoms with van der Waals surface area (Å²) >= 11 is 0. The van der Waals surface area contributed by atoms with E-state index in [2.05, 4.69) is 30.9 Å². The Kier molecular flexibility index (Phi) is 6.24. The first-order valence-corrected chi connectivity index (χ1v) is 12.8. The minimum atomic E-state index is -1.12. The number of hydrogen-bond donors (Lipinski definition) is 2. The van der Waals surface area contributed by atoms with Gasteiger partial charge >= 0.3 is 6.09 Å². The molecule has 3 heterocycles. The maximum atomic E-state index is 13.9. The normalized spacial score (nSPS) is 19.6. The van der Waals surface area contributed by atoms with Crippen molar-refractivity contribution in [1.82, 2.24) is 25.0 Å². The Bertz CT molecular complexity index is 1590. The van der Waals surface area contributed by atoms with Crippen LogP contribution in [0, 0.1) is 17.7 Å². The number of nitrogens with zero attached hydrogens (tertiary/aromatic N) is 5. The first-order chi connectivity index (χ1) is 19.2. The zero-order valence-corrected chi connectivity index (χ0v) is 21.7. The first kappa shape index (κ1) is 25.5. The summed E-state index contributed by atoms with van der Waals surface area (Å²) in [6, 6.07) is 12.0. The molecule has 2 N–H and O–H groups in total. The summed E-state index contributed by atoms with van der Waals surface area (Å²) < 4.78 is 33.9. The lowest BCUT2D eigenvalue weighted by Gasteiger charge is -2.62. The van der Waals surface area contributed by atoms with E-state index in [1.807, 2.05) is 24.3 Å². The van der Waals surface area contributed by atoms with Gasteiger partial charge in [-0.05, 0) is 73.4 Å². The Morgan fingerprint density at radius 2 is 1.80 bits per heavy atom. The van der Waals surface area contributed by atoms with Crippen LogP contribution in [0.15, 0.2) is 54.9 Å². The molecule has 0 spiro atoms. The van der Waals surface area contributed by atoms with Crippen LogP contribution in [0.4, 0.5) is 25.1 Å².